The van der Waals surface area contributed by atoms with Crippen LogP contribution in [0.2, 0.25) is 0 Å². The van der Waals surface area contributed by atoms with Gasteiger partial charge in [-0.05, 0) is 36.6 Å². The molecule has 0 amide bonds. The van der Waals surface area contributed by atoms with Gasteiger partial charge in [0, 0.05) is 19.8 Å². The van der Waals surface area contributed by atoms with E-state index in [4.69, 9.17) is 28.4 Å². The first kappa shape index (κ1) is 25.5. The molecule has 0 bridgehead atoms. The molecule has 0 fully saturated rings. The summed E-state index contributed by atoms with van der Waals surface area (Å²) in [6, 6.07) is 11.3. The normalized spacial score (nSPS) is 11.4. The Bertz CT molecular complexity index is 886. The van der Waals surface area contributed by atoms with Crippen LogP contribution in [0.3, 0.4) is 0 Å². The van der Waals surface area contributed by atoms with Gasteiger partial charge in [-0.25, -0.2) is 0 Å². The van der Waals surface area contributed by atoms with E-state index in [0.29, 0.717) is 49.7 Å². The quantitative estimate of drug-likeness (QED) is 0.289. The SMILES string of the molecule is COCCOCc1c(CCC(O)C#Cc2cccc(OC)c2OCOC)cccc1OC. The third kappa shape index (κ3) is 7.74. The van der Waals surface area contributed by atoms with Crippen molar-refractivity contribution >= 4 is 0 Å². The van der Waals surface area contributed by atoms with Crippen LogP contribution in [0.1, 0.15) is 23.1 Å². The Morgan fingerprint density at radius 3 is 2.38 bits per heavy atom. The summed E-state index contributed by atoms with van der Waals surface area (Å²) in [6.07, 6.45) is 0.273. The molecule has 0 spiro atoms. The van der Waals surface area contributed by atoms with Crippen molar-refractivity contribution in [2.45, 2.75) is 25.6 Å². The van der Waals surface area contributed by atoms with Crippen LogP contribution in [0.4, 0.5) is 0 Å². The van der Waals surface area contributed by atoms with Crippen LogP contribution < -0.4 is 14.2 Å². The average Bonchev–Trinajstić information content (AvgIpc) is 2.82. The highest BCUT2D eigenvalue weighted by Crippen LogP contribution is 2.30. The third-order valence-corrected chi connectivity index (χ3v) is 4.71. The van der Waals surface area contributed by atoms with E-state index in [-0.39, 0.29) is 6.79 Å². The number of aliphatic hydroxyl groups excluding tert-OH is 1. The summed E-state index contributed by atoms with van der Waals surface area (Å²) < 4.78 is 32.1. The van der Waals surface area contributed by atoms with E-state index in [1.807, 2.05) is 30.3 Å². The van der Waals surface area contributed by atoms with E-state index in [1.165, 1.54) is 0 Å². The van der Waals surface area contributed by atoms with Crippen molar-refractivity contribution in [2.75, 3.05) is 48.4 Å². The number of aryl methyl sites for hydroxylation is 1. The van der Waals surface area contributed by atoms with Crippen molar-refractivity contribution in [3.05, 3.63) is 53.1 Å². The van der Waals surface area contributed by atoms with Gasteiger partial charge in [-0.1, -0.05) is 30.0 Å². The van der Waals surface area contributed by atoms with E-state index in [1.54, 1.807) is 34.5 Å². The predicted molar refractivity (Wildman–Crippen MR) is 121 cm³/mol. The minimum Gasteiger partial charge on any atom is -0.496 e. The van der Waals surface area contributed by atoms with E-state index in [0.717, 1.165) is 16.9 Å². The molecule has 1 unspecified atom stereocenters. The number of methoxy groups -OCH3 is 4. The lowest BCUT2D eigenvalue weighted by Crippen LogP contribution is -2.09. The number of aliphatic hydroxyl groups is 1. The van der Waals surface area contributed by atoms with Gasteiger partial charge in [0.15, 0.2) is 18.3 Å². The fourth-order valence-corrected chi connectivity index (χ4v) is 3.08. The highest BCUT2D eigenvalue weighted by Gasteiger charge is 2.12. The van der Waals surface area contributed by atoms with Gasteiger partial charge >= 0.3 is 0 Å². The Balaban J connectivity index is 2.08. The molecule has 0 aliphatic rings. The van der Waals surface area contributed by atoms with E-state index in [9.17, 15) is 5.11 Å². The first-order chi connectivity index (χ1) is 15.6. The number of rotatable bonds is 13. The molecular weight excluding hydrogens is 412 g/mol. The van der Waals surface area contributed by atoms with Crippen LogP contribution in [0.25, 0.3) is 0 Å². The van der Waals surface area contributed by atoms with Crippen LogP contribution in [-0.2, 0) is 27.2 Å². The first-order valence-electron chi connectivity index (χ1n) is 10.3. The lowest BCUT2D eigenvalue weighted by Gasteiger charge is -2.15. The van der Waals surface area contributed by atoms with Gasteiger partial charge in [-0.15, -0.1) is 0 Å². The molecule has 2 rings (SSSR count). The van der Waals surface area contributed by atoms with Gasteiger partial charge in [0.2, 0.25) is 0 Å². The van der Waals surface area contributed by atoms with Crippen molar-refractivity contribution in [1.82, 2.24) is 0 Å². The molecule has 0 aliphatic carbocycles. The fourth-order valence-electron chi connectivity index (χ4n) is 3.08. The lowest BCUT2D eigenvalue weighted by atomic mass is 10.0. The van der Waals surface area contributed by atoms with Crippen LogP contribution in [0.15, 0.2) is 36.4 Å². The van der Waals surface area contributed by atoms with Crippen molar-refractivity contribution in [3.8, 4) is 29.1 Å². The van der Waals surface area contributed by atoms with E-state index >= 15 is 0 Å². The van der Waals surface area contributed by atoms with Crippen LogP contribution in [-0.4, -0.2) is 59.7 Å². The summed E-state index contributed by atoms with van der Waals surface area (Å²) in [5, 5.41) is 10.5. The zero-order valence-electron chi connectivity index (χ0n) is 19.2. The molecular formula is C25H32O7. The highest BCUT2D eigenvalue weighted by atomic mass is 16.7. The molecule has 1 N–H and O–H groups in total. The summed E-state index contributed by atoms with van der Waals surface area (Å²) in [5.74, 6) is 7.69. The second-order valence-electron chi connectivity index (χ2n) is 6.85. The molecule has 0 aliphatic heterocycles. The monoisotopic (exact) mass is 444 g/mol. The largest absolute Gasteiger partial charge is 0.496 e. The molecule has 7 heteroatoms. The van der Waals surface area contributed by atoms with Crippen molar-refractivity contribution in [3.63, 3.8) is 0 Å². The molecule has 0 saturated heterocycles. The zero-order chi connectivity index (χ0) is 23.2. The van der Waals surface area contributed by atoms with Gasteiger partial charge in [-0.2, -0.15) is 0 Å². The summed E-state index contributed by atoms with van der Waals surface area (Å²) in [6.45, 7) is 1.51. The zero-order valence-corrected chi connectivity index (χ0v) is 19.2. The van der Waals surface area contributed by atoms with E-state index in [2.05, 4.69) is 11.8 Å². The molecule has 0 heterocycles. The summed E-state index contributed by atoms with van der Waals surface area (Å²) >= 11 is 0. The Labute approximate surface area is 190 Å². The molecule has 32 heavy (non-hydrogen) atoms. The first-order valence-corrected chi connectivity index (χ1v) is 10.3. The maximum Gasteiger partial charge on any atom is 0.188 e. The van der Waals surface area contributed by atoms with Gasteiger partial charge in [0.05, 0.1) is 39.6 Å². The number of benzene rings is 2. The summed E-state index contributed by atoms with van der Waals surface area (Å²) in [7, 11) is 6.37. The van der Waals surface area contributed by atoms with Gasteiger partial charge < -0.3 is 33.5 Å². The number of hydrogen-bond donors (Lipinski definition) is 1. The number of ether oxygens (including phenoxy) is 6. The number of para-hydroxylation sites is 1. The van der Waals surface area contributed by atoms with Gasteiger partial charge in [-0.3, -0.25) is 0 Å². The van der Waals surface area contributed by atoms with E-state index < -0.39 is 6.10 Å². The predicted octanol–water partition coefficient (Wildman–Crippen LogP) is 3.19. The Kier molecular flexibility index (Phi) is 11.4. The minimum absolute atomic E-state index is 0.0721. The van der Waals surface area contributed by atoms with Gasteiger partial charge in [0.1, 0.15) is 11.9 Å². The van der Waals surface area contributed by atoms with Crippen LogP contribution in [0, 0.1) is 11.8 Å². The third-order valence-electron chi connectivity index (χ3n) is 4.71. The second-order valence-corrected chi connectivity index (χ2v) is 6.85. The molecule has 2 aromatic rings. The maximum atomic E-state index is 10.5. The smallest absolute Gasteiger partial charge is 0.188 e. The van der Waals surface area contributed by atoms with Crippen LogP contribution >= 0.6 is 0 Å². The molecule has 174 valence electrons. The topological polar surface area (TPSA) is 75.6 Å². The van der Waals surface area contributed by atoms with Crippen LogP contribution in [0.5, 0.6) is 17.2 Å². The lowest BCUT2D eigenvalue weighted by molar-refractivity contribution is 0.0489. The molecule has 0 saturated carbocycles. The Morgan fingerprint density at radius 2 is 1.66 bits per heavy atom. The Morgan fingerprint density at radius 1 is 0.906 bits per heavy atom. The molecule has 2 aromatic carbocycles. The molecule has 0 radical (unpaired) electrons. The van der Waals surface area contributed by atoms with Crippen molar-refractivity contribution < 1.29 is 33.5 Å². The van der Waals surface area contributed by atoms with Gasteiger partial charge in [0.25, 0.3) is 0 Å². The highest BCUT2D eigenvalue weighted by molar-refractivity contribution is 5.54. The molecule has 1 atom stereocenters. The van der Waals surface area contributed by atoms with Crippen molar-refractivity contribution in [2.24, 2.45) is 0 Å². The fraction of sp³-hybridized carbons (Fsp3) is 0.440. The van der Waals surface area contributed by atoms with Crippen molar-refractivity contribution in [1.29, 1.82) is 0 Å². The number of hydrogen-bond acceptors (Lipinski definition) is 7. The minimum atomic E-state index is -0.815. The summed E-state index contributed by atoms with van der Waals surface area (Å²) in [5.41, 5.74) is 2.64. The molecule has 7 nitrogen and oxygen atoms in total. The molecule has 0 aromatic heterocycles. The summed E-state index contributed by atoms with van der Waals surface area (Å²) in [4.78, 5) is 0. The standard InChI is InChI=1S/C25H32O7/c1-27-15-16-31-17-22-19(7-5-9-23(22)29-3)11-13-21(26)14-12-20-8-6-10-24(30-4)25(20)32-18-28-2/h5-10,21,26H,11,13,15-18H2,1-4H3. The maximum absolute atomic E-state index is 10.5. The second kappa shape index (κ2) is 14.3. The average molecular weight is 445 g/mol. The Hall–Kier alpha value is -2.76.